The van der Waals surface area contributed by atoms with E-state index in [2.05, 4.69) is 74.2 Å². The Morgan fingerprint density at radius 1 is 0.905 bits per heavy atom. The molecule has 1 atom stereocenters. The molecule has 0 aliphatic carbocycles. The van der Waals surface area contributed by atoms with Gasteiger partial charge >= 0.3 is 0 Å². The highest BCUT2D eigenvalue weighted by molar-refractivity contribution is 5.46. The minimum Gasteiger partial charge on any atom is -0.370 e. The van der Waals surface area contributed by atoms with Crippen molar-refractivity contribution in [3.8, 4) is 0 Å². The Hall–Kier alpha value is -1.80. The molecule has 2 aromatic rings. The second kappa shape index (κ2) is 7.28. The van der Waals surface area contributed by atoms with Gasteiger partial charge in [-0.2, -0.15) is 0 Å². The number of para-hydroxylation sites is 1. The van der Waals surface area contributed by atoms with E-state index in [9.17, 15) is 0 Å². The summed E-state index contributed by atoms with van der Waals surface area (Å²) in [6, 6.07) is 19.2. The third-order valence-electron chi connectivity index (χ3n) is 3.95. The molecule has 2 rings (SSSR count). The van der Waals surface area contributed by atoms with Crippen molar-refractivity contribution in [3.05, 3.63) is 65.7 Å². The lowest BCUT2D eigenvalue weighted by Gasteiger charge is -2.27. The lowest BCUT2D eigenvalue weighted by molar-refractivity contribution is 0.676. The molecule has 2 heteroatoms. The Kier molecular flexibility index (Phi) is 5.40. The van der Waals surface area contributed by atoms with E-state index in [0.717, 1.165) is 13.1 Å². The monoisotopic (exact) mass is 282 g/mol. The molecule has 0 aromatic heterocycles. The quantitative estimate of drug-likeness (QED) is 0.854. The second-order valence-corrected chi connectivity index (χ2v) is 5.80. The van der Waals surface area contributed by atoms with E-state index in [4.69, 9.17) is 5.73 Å². The van der Waals surface area contributed by atoms with Crippen LogP contribution in [0.5, 0.6) is 0 Å². The van der Waals surface area contributed by atoms with Crippen LogP contribution in [0.2, 0.25) is 0 Å². The first-order valence-electron chi connectivity index (χ1n) is 7.77. The van der Waals surface area contributed by atoms with Crippen molar-refractivity contribution in [3.63, 3.8) is 0 Å². The number of hydrogen-bond donors (Lipinski definition) is 1. The molecule has 0 radical (unpaired) electrons. The van der Waals surface area contributed by atoms with Gasteiger partial charge in [0.05, 0.1) is 0 Å². The van der Waals surface area contributed by atoms with Crippen molar-refractivity contribution in [1.29, 1.82) is 0 Å². The molecule has 21 heavy (non-hydrogen) atoms. The fraction of sp³-hybridized carbons (Fsp3) is 0.368. The molecule has 1 unspecified atom stereocenters. The Labute approximate surface area is 128 Å². The average molecular weight is 282 g/mol. The molecule has 0 spiro atoms. The van der Waals surface area contributed by atoms with Crippen LogP contribution in [-0.2, 0) is 0 Å². The van der Waals surface area contributed by atoms with Crippen molar-refractivity contribution in [1.82, 2.24) is 0 Å². The van der Waals surface area contributed by atoms with Gasteiger partial charge in [-0.3, -0.25) is 0 Å². The lowest BCUT2D eigenvalue weighted by Crippen LogP contribution is -2.32. The zero-order chi connectivity index (χ0) is 15.2. The van der Waals surface area contributed by atoms with Gasteiger partial charge in [0.15, 0.2) is 0 Å². The van der Waals surface area contributed by atoms with Crippen molar-refractivity contribution in [2.75, 3.05) is 18.0 Å². The summed E-state index contributed by atoms with van der Waals surface area (Å²) in [7, 11) is 0. The van der Waals surface area contributed by atoms with Crippen molar-refractivity contribution < 1.29 is 0 Å². The Morgan fingerprint density at radius 2 is 1.48 bits per heavy atom. The Balaban J connectivity index is 2.07. The van der Waals surface area contributed by atoms with Gasteiger partial charge < -0.3 is 10.6 Å². The number of benzene rings is 2. The van der Waals surface area contributed by atoms with E-state index < -0.39 is 0 Å². The fourth-order valence-electron chi connectivity index (χ4n) is 2.53. The predicted molar refractivity (Wildman–Crippen MR) is 91.8 cm³/mol. The molecule has 0 saturated carbocycles. The molecule has 0 aliphatic heterocycles. The van der Waals surface area contributed by atoms with Gasteiger partial charge in [-0.25, -0.2) is 0 Å². The minimum atomic E-state index is 0.0337. The van der Waals surface area contributed by atoms with Gasteiger partial charge in [-0.05, 0) is 36.1 Å². The summed E-state index contributed by atoms with van der Waals surface area (Å²) in [5.41, 5.74) is 10.2. The van der Waals surface area contributed by atoms with E-state index >= 15 is 0 Å². The molecular formula is C19H26N2. The van der Waals surface area contributed by atoms with E-state index in [1.54, 1.807) is 0 Å². The second-order valence-electron chi connectivity index (χ2n) is 5.80. The highest BCUT2D eigenvalue weighted by Gasteiger charge is 2.12. The molecule has 2 nitrogen and oxygen atoms in total. The first-order valence-corrected chi connectivity index (χ1v) is 7.77. The Bertz CT molecular complexity index is 531. The Morgan fingerprint density at radius 3 is 2.00 bits per heavy atom. The first-order chi connectivity index (χ1) is 10.1. The van der Waals surface area contributed by atoms with Crippen LogP contribution in [0.3, 0.4) is 0 Å². The van der Waals surface area contributed by atoms with E-state index in [1.165, 1.54) is 16.8 Å². The molecule has 0 amide bonds. The van der Waals surface area contributed by atoms with Crippen LogP contribution in [0.15, 0.2) is 54.6 Å². The van der Waals surface area contributed by atoms with Crippen LogP contribution >= 0.6 is 0 Å². The molecule has 0 saturated heterocycles. The van der Waals surface area contributed by atoms with Gasteiger partial charge in [0.1, 0.15) is 0 Å². The maximum Gasteiger partial charge on any atom is 0.0473 e. The van der Waals surface area contributed by atoms with Gasteiger partial charge in [0.25, 0.3) is 0 Å². The molecule has 2 N–H and O–H groups in total. The summed E-state index contributed by atoms with van der Waals surface area (Å²) in [6.07, 6.45) is 0. The smallest absolute Gasteiger partial charge is 0.0473 e. The van der Waals surface area contributed by atoms with Crippen LogP contribution in [0.1, 0.15) is 43.9 Å². The van der Waals surface area contributed by atoms with Gasteiger partial charge in [0, 0.05) is 24.8 Å². The highest BCUT2D eigenvalue weighted by atomic mass is 15.1. The summed E-state index contributed by atoms with van der Waals surface area (Å²) < 4.78 is 0. The maximum absolute atomic E-state index is 6.39. The largest absolute Gasteiger partial charge is 0.370 e. The topological polar surface area (TPSA) is 29.3 Å². The van der Waals surface area contributed by atoms with Gasteiger partial charge in [0.2, 0.25) is 0 Å². The third kappa shape index (κ3) is 4.08. The van der Waals surface area contributed by atoms with Crippen LogP contribution in [0.4, 0.5) is 5.69 Å². The van der Waals surface area contributed by atoms with Crippen LogP contribution in [-0.4, -0.2) is 13.1 Å². The molecule has 0 bridgehead atoms. The maximum atomic E-state index is 6.39. The van der Waals surface area contributed by atoms with Crippen LogP contribution < -0.4 is 10.6 Å². The summed E-state index contributed by atoms with van der Waals surface area (Å²) in [5.74, 6) is 0.562. The van der Waals surface area contributed by atoms with Crippen LogP contribution in [0, 0.1) is 0 Å². The zero-order valence-corrected chi connectivity index (χ0v) is 13.3. The first kappa shape index (κ1) is 15.6. The zero-order valence-electron chi connectivity index (χ0n) is 13.3. The van der Waals surface area contributed by atoms with Crippen molar-refractivity contribution >= 4 is 5.69 Å². The van der Waals surface area contributed by atoms with Crippen LogP contribution in [0.25, 0.3) is 0 Å². The lowest BCUT2D eigenvalue weighted by atomic mass is 9.99. The third-order valence-corrected chi connectivity index (χ3v) is 3.95. The summed E-state index contributed by atoms with van der Waals surface area (Å²) in [6.45, 7) is 8.39. The standard InChI is InChI=1S/C19H26N2/c1-4-21(18-8-6-5-7-9-18)14-19(20)17-12-10-16(11-13-17)15(2)3/h5-13,15,19H,4,14,20H2,1-3H3. The number of likely N-dealkylation sites (N-methyl/N-ethyl adjacent to an activating group) is 1. The van der Waals surface area contributed by atoms with Crippen molar-refractivity contribution in [2.45, 2.75) is 32.7 Å². The number of anilines is 1. The van der Waals surface area contributed by atoms with Gasteiger partial charge in [-0.1, -0.05) is 56.3 Å². The normalized spacial score (nSPS) is 12.4. The molecule has 2 aromatic carbocycles. The summed E-state index contributed by atoms with van der Waals surface area (Å²) in [5, 5.41) is 0. The molecular weight excluding hydrogens is 256 g/mol. The summed E-state index contributed by atoms with van der Waals surface area (Å²) in [4.78, 5) is 2.32. The number of nitrogens with zero attached hydrogens (tertiary/aromatic N) is 1. The minimum absolute atomic E-state index is 0.0337. The predicted octanol–water partition coefficient (Wildman–Crippen LogP) is 4.34. The van der Waals surface area contributed by atoms with E-state index in [1.807, 2.05) is 6.07 Å². The van der Waals surface area contributed by atoms with Crippen molar-refractivity contribution in [2.24, 2.45) is 5.73 Å². The molecule has 0 heterocycles. The fourth-order valence-corrected chi connectivity index (χ4v) is 2.53. The van der Waals surface area contributed by atoms with E-state index in [-0.39, 0.29) is 6.04 Å². The molecule has 0 fully saturated rings. The number of hydrogen-bond acceptors (Lipinski definition) is 2. The average Bonchev–Trinajstić information content (AvgIpc) is 2.53. The van der Waals surface area contributed by atoms with Gasteiger partial charge in [-0.15, -0.1) is 0 Å². The van der Waals surface area contributed by atoms with E-state index in [0.29, 0.717) is 5.92 Å². The number of rotatable bonds is 6. The SMILES string of the molecule is CCN(CC(N)c1ccc(C(C)C)cc1)c1ccccc1. The number of nitrogens with two attached hydrogens (primary N) is 1. The molecule has 0 aliphatic rings. The molecule has 112 valence electrons. The summed E-state index contributed by atoms with van der Waals surface area (Å²) >= 11 is 0. The highest BCUT2D eigenvalue weighted by Crippen LogP contribution is 2.20.